The molecule has 0 heterocycles. The van der Waals surface area contributed by atoms with E-state index in [0.717, 1.165) is 10.0 Å². The summed E-state index contributed by atoms with van der Waals surface area (Å²) in [6.07, 6.45) is 0.192. The summed E-state index contributed by atoms with van der Waals surface area (Å²) in [6.45, 7) is 0. The largest absolute Gasteiger partial charge is 0.493 e. The molecule has 2 amide bonds. The van der Waals surface area contributed by atoms with Crippen molar-refractivity contribution in [3.63, 3.8) is 0 Å². The third-order valence-corrected chi connectivity index (χ3v) is 4.24. The summed E-state index contributed by atoms with van der Waals surface area (Å²) in [5, 5.41) is 2.80. The number of hydrogen-bond donors (Lipinski definition) is 1. The van der Waals surface area contributed by atoms with Crippen molar-refractivity contribution in [1.82, 2.24) is 4.90 Å². The number of amides is 2. The van der Waals surface area contributed by atoms with Crippen LogP contribution in [-0.4, -0.2) is 45.0 Å². The second-order valence-electron chi connectivity index (χ2n) is 5.80. The number of carbonyl (C=O) groups excluding carboxylic acids is 2. The Bertz CT molecular complexity index is 804. The molecule has 0 saturated carbocycles. The topological polar surface area (TPSA) is 67.9 Å². The molecule has 1 N–H and O–H groups in total. The van der Waals surface area contributed by atoms with Gasteiger partial charge in [-0.1, -0.05) is 28.1 Å². The van der Waals surface area contributed by atoms with Gasteiger partial charge in [-0.2, -0.15) is 0 Å². The van der Waals surface area contributed by atoms with Crippen molar-refractivity contribution in [2.75, 3.05) is 33.6 Å². The number of hydrogen-bond acceptors (Lipinski definition) is 4. The number of benzene rings is 2. The molecule has 26 heavy (non-hydrogen) atoms. The van der Waals surface area contributed by atoms with Gasteiger partial charge < -0.3 is 19.7 Å². The van der Waals surface area contributed by atoms with Crippen LogP contribution in [0, 0.1) is 0 Å². The Morgan fingerprint density at radius 1 is 1.04 bits per heavy atom. The molecule has 7 heteroatoms. The fraction of sp³-hybridized carbons (Fsp3) is 0.263. The molecule has 2 aromatic carbocycles. The lowest BCUT2D eigenvalue weighted by Crippen LogP contribution is -2.24. The quantitative estimate of drug-likeness (QED) is 0.777. The Kier molecular flexibility index (Phi) is 6.63. The smallest absolute Gasteiger partial charge is 0.255 e. The summed E-state index contributed by atoms with van der Waals surface area (Å²) < 4.78 is 11.5. The van der Waals surface area contributed by atoms with Crippen LogP contribution in [-0.2, 0) is 11.2 Å². The number of methoxy groups -OCH3 is 2. The van der Waals surface area contributed by atoms with Gasteiger partial charge in [0.1, 0.15) is 0 Å². The molecule has 0 fully saturated rings. The SMILES string of the molecule is COc1cc(NC(=O)Cc2ccc(Br)cc2)c(C(=O)N(C)C)cc1OC. The maximum absolute atomic E-state index is 12.5. The van der Waals surface area contributed by atoms with Gasteiger partial charge in [0.05, 0.1) is 31.9 Å². The minimum absolute atomic E-state index is 0.192. The van der Waals surface area contributed by atoms with Crippen LogP contribution in [0.25, 0.3) is 0 Å². The predicted octanol–water partition coefficient (Wildman–Crippen LogP) is 3.35. The second kappa shape index (κ2) is 8.71. The monoisotopic (exact) mass is 420 g/mol. The highest BCUT2D eigenvalue weighted by molar-refractivity contribution is 9.10. The molecule has 0 unspecified atom stereocenters. The zero-order valence-electron chi connectivity index (χ0n) is 15.1. The van der Waals surface area contributed by atoms with Crippen molar-refractivity contribution in [2.45, 2.75) is 6.42 Å². The molecule has 2 aromatic rings. The Balaban J connectivity index is 2.31. The third kappa shape index (κ3) is 4.76. The zero-order chi connectivity index (χ0) is 19.3. The molecule has 0 bridgehead atoms. The number of nitrogens with one attached hydrogen (secondary N) is 1. The van der Waals surface area contributed by atoms with Crippen molar-refractivity contribution in [2.24, 2.45) is 0 Å². The molecule has 138 valence electrons. The van der Waals surface area contributed by atoms with Crippen molar-refractivity contribution in [3.05, 3.63) is 52.0 Å². The molecular formula is C19H21BrN2O4. The normalized spacial score (nSPS) is 10.2. The van der Waals surface area contributed by atoms with Gasteiger partial charge in [0, 0.05) is 24.6 Å². The van der Waals surface area contributed by atoms with E-state index >= 15 is 0 Å². The molecule has 0 aliphatic heterocycles. The van der Waals surface area contributed by atoms with Crippen molar-refractivity contribution >= 4 is 33.4 Å². The highest BCUT2D eigenvalue weighted by Gasteiger charge is 2.20. The van der Waals surface area contributed by atoms with E-state index in [1.54, 1.807) is 26.2 Å². The Morgan fingerprint density at radius 3 is 2.15 bits per heavy atom. The van der Waals surface area contributed by atoms with Gasteiger partial charge in [-0.25, -0.2) is 0 Å². The van der Waals surface area contributed by atoms with Crippen molar-refractivity contribution in [3.8, 4) is 11.5 Å². The second-order valence-corrected chi connectivity index (χ2v) is 6.72. The lowest BCUT2D eigenvalue weighted by Gasteiger charge is -2.18. The van der Waals surface area contributed by atoms with Crippen molar-refractivity contribution in [1.29, 1.82) is 0 Å². The van der Waals surface area contributed by atoms with Gasteiger partial charge >= 0.3 is 0 Å². The number of nitrogens with zero attached hydrogens (tertiary/aromatic N) is 1. The molecule has 0 radical (unpaired) electrons. The highest BCUT2D eigenvalue weighted by atomic mass is 79.9. The molecule has 0 aliphatic rings. The van der Waals surface area contributed by atoms with Crippen molar-refractivity contribution < 1.29 is 19.1 Å². The average molecular weight is 421 g/mol. The molecule has 0 aromatic heterocycles. The predicted molar refractivity (Wildman–Crippen MR) is 104 cm³/mol. The maximum Gasteiger partial charge on any atom is 0.255 e. The van der Waals surface area contributed by atoms with Crippen LogP contribution in [0.3, 0.4) is 0 Å². The van der Waals surface area contributed by atoms with Crippen LogP contribution in [0.15, 0.2) is 40.9 Å². The van der Waals surface area contributed by atoms with E-state index in [2.05, 4.69) is 21.2 Å². The van der Waals surface area contributed by atoms with E-state index in [9.17, 15) is 9.59 Å². The summed E-state index contributed by atoms with van der Waals surface area (Å²) >= 11 is 3.37. The third-order valence-electron chi connectivity index (χ3n) is 3.71. The molecule has 0 spiro atoms. The van der Waals surface area contributed by atoms with E-state index in [4.69, 9.17) is 9.47 Å². The number of halogens is 1. The van der Waals surface area contributed by atoms with Gasteiger partial charge in [-0.3, -0.25) is 9.59 Å². The summed E-state index contributed by atoms with van der Waals surface area (Å²) in [4.78, 5) is 26.4. The van der Waals surface area contributed by atoms with Gasteiger partial charge in [0.15, 0.2) is 11.5 Å². The van der Waals surface area contributed by atoms with Crippen LogP contribution in [0.1, 0.15) is 15.9 Å². The first-order valence-corrected chi connectivity index (χ1v) is 8.67. The molecule has 6 nitrogen and oxygen atoms in total. The van der Waals surface area contributed by atoms with Crippen LogP contribution < -0.4 is 14.8 Å². The Morgan fingerprint density at radius 2 is 1.62 bits per heavy atom. The number of anilines is 1. The molecule has 0 aliphatic carbocycles. The minimum Gasteiger partial charge on any atom is -0.493 e. The lowest BCUT2D eigenvalue weighted by atomic mass is 10.1. The van der Waals surface area contributed by atoms with Gasteiger partial charge in [-0.15, -0.1) is 0 Å². The molecule has 0 saturated heterocycles. The molecule has 2 rings (SSSR count). The number of rotatable bonds is 6. The van der Waals surface area contributed by atoms with Gasteiger partial charge in [-0.05, 0) is 23.8 Å². The number of carbonyl (C=O) groups is 2. The summed E-state index contributed by atoms with van der Waals surface area (Å²) in [5.41, 5.74) is 1.58. The highest BCUT2D eigenvalue weighted by Crippen LogP contribution is 2.34. The van der Waals surface area contributed by atoms with Crippen LogP contribution in [0.2, 0.25) is 0 Å². The summed E-state index contributed by atoms with van der Waals surface area (Å²) in [6, 6.07) is 10.6. The van der Waals surface area contributed by atoms with E-state index in [0.29, 0.717) is 22.7 Å². The average Bonchev–Trinajstić information content (AvgIpc) is 2.62. The van der Waals surface area contributed by atoms with E-state index < -0.39 is 0 Å². The zero-order valence-corrected chi connectivity index (χ0v) is 16.7. The lowest BCUT2D eigenvalue weighted by molar-refractivity contribution is -0.115. The first kappa shape index (κ1) is 19.8. The Labute approximate surface area is 161 Å². The summed E-state index contributed by atoms with van der Waals surface area (Å²) in [7, 11) is 6.28. The number of ether oxygens (including phenoxy) is 2. The fourth-order valence-corrected chi connectivity index (χ4v) is 2.65. The van der Waals surface area contributed by atoms with E-state index in [1.165, 1.54) is 19.1 Å². The fourth-order valence-electron chi connectivity index (χ4n) is 2.38. The minimum atomic E-state index is -0.245. The molecule has 0 atom stereocenters. The molecular weight excluding hydrogens is 400 g/mol. The first-order chi connectivity index (χ1) is 12.3. The van der Waals surface area contributed by atoms with Gasteiger partial charge in [0.2, 0.25) is 5.91 Å². The van der Waals surface area contributed by atoms with E-state index in [1.807, 2.05) is 24.3 Å². The first-order valence-electron chi connectivity index (χ1n) is 7.87. The van der Waals surface area contributed by atoms with Crippen LogP contribution in [0.4, 0.5) is 5.69 Å². The van der Waals surface area contributed by atoms with E-state index in [-0.39, 0.29) is 18.2 Å². The summed E-state index contributed by atoms with van der Waals surface area (Å²) in [5.74, 6) is 0.377. The van der Waals surface area contributed by atoms with Crippen LogP contribution in [0.5, 0.6) is 11.5 Å². The van der Waals surface area contributed by atoms with Crippen LogP contribution >= 0.6 is 15.9 Å². The Hall–Kier alpha value is -2.54. The van der Waals surface area contributed by atoms with Gasteiger partial charge in [0.25, 0.3) is 5.91 Å². The maximum atomic E-state index is 12.5. The standard InChI is InChI=1S/C19H21BrN2O4/c1-22(2)19(24)14-10-16(25-3)17(26-4)11-15(14)21-18(23)9-12-5-7-13(20)8-6-12/h5-8,10-11H,9H2,1-4H3,(H,21,23).